The van der Waals surface area contributed by atoms with Crippen LogP contribution in [0.3, 0.4) is 0 Å². The highest BCUT2D eigenvalue weighted by Crippen LogP contribution is 2.29. The van der Waals surface area contributed by atoms with Crippen LogP contribution in [0.2, 0.25) is 0 Å². The van der Waals surface area contributed by atoms with Gasteiger partial charge in [-0.15, -0.1) is 11.3 Å². The Hall–Kier alpha value is -1.36. The molecule has 0 spiro atoms. The van der Waals surface area contributed by atoms with Gasteiger partial charge in [-0.3, -0.25) is 4.79 Å². The molecule has 1 aromatic heterocycles. The minimum atomic E-state index is -0.973. The number of carboxylic acid groups (broad SMARTS) is 1. The number of carbonyl (C=O) groups is 2. The first kappa shape index (κ1) is 13.7. The fourth-order valence-corrected chi connectivity index (χ4v) is 2.79. The van der Waals surface area contributed by atoms with Gasteiger partial charge >= 0.3 is 5.97 Å². The van der Waals surface area contributed by atoms with Gasteiger partial charge in [0, 0.05) is 18.3 Å². The molecule has 1 heterocycles. The molecule has 1 aromatic rings. The van der Waals surface area contributed by atoms with Gasteiger partial charge in [0.15, 0.2) is 6.04 Å². The summed E-state index contributed by atoms with van der Waals surface area (Å²) in [5, 5.41) is 11.2. The van der Waals surface area contributed by atoms with Crippen LogP contribution in [0.1, 0.15) is 36.8 Å². The zero-order valence-electron chi connectivity index (χ0n) is 10.3. The van der Waals surface area contributed by atoms with Crippen LogP contribution in [-0.4, -0.2) is 28.4 Å². The van der Waals surface area contributed by atoms with Crippen molar-refractivity contribution in [1.29, 1.82) is 0 Å². The molecule has 4 nitrogen and oxygen atoms in total. The quantitative estimate of drug-likeness (QED) is 0.879. The van der Waals surface area contributed by atoms with Crippen molar-refractivity contribution in [3.05, 3.63) is 21.9 Å². The monoisotopic (exact) mass is 255 g/mol. The summed E-state index contributed by atoms with van der Waals surface area (Å²) in [5.74, 6) is -1.17. The number of nitrogens with zero attached hydrogens (tertiary/aromatic N) is 1. The minimum Gasteiger partial charge on any atom is -0.479 e. The van der Waals surface area contributed by atoms with Crippen LogP contribution >= 0.6 is 11.3 Å². The first-order valence-electron chi connectivity index (χ1n) is 5.53. The molecular formula is C12H17NO3S. The Kier molecular flexibility index (Phi) is 4.69. The maximum absolute atomic E-state index is 11.6. The summed E-state index contributed by atoms with van der Waals surface area (Å²) in [6.45, 7) is 5.67. The Morgan fingerprint density at radius 2 is 2.18 bits per heavy atom. The van der Waals surface area contributed by atoms with Gasteiger partial charge in [0.05, 0.1) is 0 Å². The number of carboxylic acids is 1. The zero-order valence-corrected chi connectivity index (χ0v) is 11.1. The molecule has 1 rings (SSSR count). The smallest absolute Gasteiger partial charge is 0.331 e. The van der Waals surface area contributed by atoms with Gasteiger partial charge in [0.2, 0.25) is 5.91 Å². The fourth-order valence-electron chi connectivity index (χ4n) is 1.76. The van der Waals surface area contributed by atoms with Gasteiger partial charge in [-0.05, 0) is 30.4 Å². The molecule has 0 aliphatic rings. The molecule has 1 amide bonds. The lowest BCUT2D eigenvalue weighted by molar-refractivity contribution is -0.149. The molecule has 0 fully saturated rings. The molecule has 1 atom stereocenters. The van der Waals surface area contributed by atoms with Crippen LogP contribution in [0, 0.1) is 6.92 Å². The topological polar surface area (TPSA) is 57.6 Å². The molecule has 0 bridgehead atoms. The first-order valence-corrected chi connectivity index (χ1v) is 6.41. The minimum absolute atomic E-state index is 0.202. The molecule has 1 unspecified atom stereocenters. The lowest BCUT2D eigenvalue weighted by atomic mass is 10.1. The van der Waals surface area contributed by atoms with E-state index in [-0.39, 0.29) is 5.91 Å². The van der Waals surface area contributed by atoms with Gasteiger partial charge in [0.1, 0.15) is 0 Å². The van der Waals surface area contributed by atoms with Gasteiger partial charge in [-0.25, -0.2) is 4.79 Å². The lowest BCUT2D eigenvalue weighted by Gasteiger charge is -2.27. The summed E-state index contributed by atoms with van der Waals surface area (Å²) >= 11 is 1.38. The van der Waals surface area contributed by atoms with Crippen molar-refractivity contribution in [2.45, 2.75) is 33.2 Å². The van der Waals surface area contributed by atoms with E-state index in [4.69, 9.17) is 0 Å². The number of rotatable bonds is 5. The third-order valence-electron chi connectivity index (χ3n) is 2.56. The molecule has 0 aliphatic heterocycles. The Morgan fingerprint density at radius 3 is 2.53 bits per heavy atom. The van der Waals surface area contributed by atoms with Crippen molar-refractivity contribution in [2.24, 2.45) is 0 Å². The SMILES string of the molecule is CCCN(C(C)=O)C(C(=O)O)c1sccc1C. The second-order valence-electron chi connectivity index (χ2n) is 3.92. The maximum atomic E-state index is 11.6. The molecule has 0 aliphatic carbocycles. The van der Waals surface area contributed by atoms with E-state index in [1.54, 1.807) is 0 Å². The number of hydrogen-bond donors (Lipinski definition) is 1. The molecule has 5 heteroatoms. The summed E-state index contributed by atoms with van der Waals surface area (Å²) in [4.78, 5) is 25.1. The Balaban J connectivity index is 3.12. The summed E-state index contributed by atoms with van der Waals surface area (Å²) in [6.07, 6.45) is 0.744. The Bertz CT molecular complexity index is 414. The molecule has 17 heavy (non-hydrogen) atoms. The van der Waals surface area contributed by atoms with Crippen molar-refractivity contribution in [3.63, 3.8) is 0 Å². The van der Waals surface area contributed by atoms with Crippen LogP contribution in [0.5, 0.6) is 0 Å². The summed E-state index contributed by atoms with van der Waals surface area (Å²) in [5.41, 5.74) is 0.921. The lowest BCUT2D eigenvalue weighted by Crippen LogP contribution is -2.38. The molecular weight excluding hydrogens is 238 g/mol. The number of hydrogen-bond acceptors (Lipinski definition) is 3. The van der Waals surface area contributed by atoms with E-state index in [9.17, 15) is 14.7 Å². The molecule has 1 N–H and O–H groups in total. The summed E-state index contributed by atoms with van der Waals surface area (Å²) < 4.78 is 0. The molecule has 0 aromatic carbocycles. The van der Waals surface area contributed by atoms with Gasteiger partial charge < -0.3 is 10.0 Å². The Labute approximate surface area is 105 Å². The number of amides is 1. The van der Waals surface area contributed by atoms with Crippen LogP contribution in [0.25, 0.3) is 0 Å². The highest BCUT2D eigenvalue weighted by atomic mass is 32.1. The van der Waals surface area contributed by atoms with E-state index < -0.39 is 12.0 Å². The van der Waals surface area contributed by atoms with E-state index >= 15 is 0 Å². The summed E-state index contributed by atoms with van der Waals surface area (Å²) in [6, 6.07) is 1.02. The standard InChI is InChI=1S/C12H17NO3S/c1-4-6-13(9(3)14)10(12(15)16)11-8(2)5-7-17-11/h5,7,10H,4,6H2,1-3H3,(H,15,16). The third-order valence-corrected chi connectivity index (χ3v) is 3.64. The second-order valence-corrected chi connectivity index (χ2v) is 4.87. The fraction of sp³-hybridized carbons (Fsp3) is 0.500. The molecule has 0 radical (unpaired) electrons. The van der Waals surface area contributed by atoms with E-state index in [2.05, 4.69) is 0 Å². The predicted molar refractivity (Wildman–Crippen MR) is 67.1 cm³/mol. The van der Waals surface area contributed by atoms with E-state index in [0.29, 0.717) is 6.54 Å². The number of aliphatic carboxylic acids is 1. The van der Waals surface area contributed by atoms with Gasteiger partial charge in [-0.1, -0.05) is 6.92 Å². The largest absolute Gasteiger partial charge is 0.479 e. The van der Waals surface area contributed by atoms with Crippen molar-refractivity contribution in [1.82, 2.24) is 4.90 Å². The van der Waals surface area contributed by atoms with Gasteiger partial charge in [-0.2, -0.15) is 0 Å². The predicted octanol–water partition coefficient (Wildman–Crippen LogP) is 2.44. The second kappa shape index (κ2) is 5.82. The van der Waals surface area contributed by atoms with E-state index in [1.807, 2.05) is 25.3 Å². The molecule has 94 valence electrons. The van der Waals surface area contributed by atoms with Crippen molar-refractivity contribution in [2.75, 3.05) is 6.54 Å². The van der Waals surface area contributed by atoms with Crippen molar-refractivity contribution < 1.29 is 14.7 Å². The van der Waals surface area contributed by atoms with Crippen molar-refractivity contribution in [3.8, 4) is 0 Å². The first-order chi connectivity index (χ1) is 7.99. The van der Waals surface area contributed by atoms with Crippen LogP contribution in [0.15, 0.2) is 11.4 Å². The third kappa shape index (κ3) is 3.06. The average molecular weight is 255 g/mol. The van der Waals surface area contributed by atoms with Crippen molar-refractivity contribution >= 4 is 23.2 Å². The zero-order chi connectivity index (χ0) is 13.0. The molecule has 0 saturated heterocycles. The Morgan fingerprint density at radius 1 is 1.53 bits per heavy atom. The van der Waals surface area contributed by atoms with E-state index in [1.165, 1.54) is 23.2 Å². The highest BCUT2D eigenvalue weighted by molar-refractivity contribution is 7.10. The van der Waals surface area contributed by atoms with E-state index in [0.717, 1.165) is 16.9 Å². The number of aryl methyl sites for hydroxylation is 1. The maximum Gasteiger partial charge on any atom is 0.331 e. The van der Waals surface area contributed by atoms with Crippen LogP contribution < -0.4 is 0 Å². The highest BCUT2D eigenvalue weighted by Gasteiger charge is 2.30. The number of thiophene rings is 1. The van der Waals surface area contributed by atoms with Gasteiger partial charge in [0.25, 0.3) is 0 Å². The van der Waals surface area contributed by atoms with Crippen LogP contribution in [0.4, 0.5) is 0 Å². The average Bonchev–Trinajstić information content (AvgIpc) is 2.63. The summed E-state index contributed by atoms with van der Waals surface area (Å²) in [7, 11) is 0. The van der Waals surface area contributed by atoms with Crippen LogP contribution in [-0.2, 0) is 9.59 Å². The number of carbonyl (C=O) groups excluding carboxylic acids is 1. The normalized spacial score (nSPS) is 12.2. The molecule has 0 saturated carbocycles.